The molecule has 0 aromatic heterocycles. The molecule has 1 aliphatic rings. The van der Waals surface area contributed by atoms with Gasteiger partial charge in [0, 0.05) is 5.56 Å². The van der Waals surface area contributed by atoms with Crippen molar-refractivity contribution in [2.24, 2.45) is 0 Å². The number of hydrogen-bond acceptors (Lipinski definition) is 4. The van der Waals surface area contributed by atoms with Crippen LogP contribution in [0.2, 0.25) is 0 Å². The molecule has 6 heteroatoms. The Bertz CT molecular complexity index is 731. The first-order valence-electron chi connectivity index (χ1n) is 7.53. The van der Waals surface area contributed by atoms with Crippen LogP contribution in [0.25, 0.3) is 0 Å². The van der Waals surface area contributed by atoms with Crippen molar-refractivity contribution in [3.63, 3.8) is 0 Å². The molecular formula is C18H20N2O4. The number of fused-ring (bicyclic) bond motifs is 1. The second kappa shape index (κ2) is 7.14. The highest BCUT2D eigenvalue weighted by atomic mass is 16.5. The summed E-state index contributed by atoms with van der Waals surface area (Å²) in [6.45, 7) is 3.25. The highest BCUT2D eigenvalue weighted by Gasteiger charge is 2.41. The van der Waals surface area contributed by atoms with Crippen molar-refractivity contribution in [1.29, 1.82) is 0 Å². The maximum absolute atomic E-state index is 11.5. The Morgan fingerprint density at radius 2 is 1.75 bits per heavy atom. The van der Waals surface area contributed by atoms with Gasteiger partial charge in [-0.05, 0) is 26.0 Å². The molecule has 6 nitrogen and oxygen atoms in total. The Kier molecular flexibility index (Phi) is 5.21. The molecule has 2 atom stereocenters. The fraction of sp³-hybridized carbons (Fsp3) is 0.222. The topological polar surface area (TPSA) is 106 Å². The molecule has 2 unspecified atom stereocenters. The van der Waals surface area contributed by atoms with E-state index < -0.39 is 17.5 Å². The molecule has 0 saturated heterocycles. The third-order valence-electron chi connectivity index (χ3n) is 3.64. The number of amides is 1. The second-order valence-electron chi connectivity index (χ2n) is 5.68. The van der Waals surface area contributed by atoms with Gasteiger partial charge >= 0.3 is 0 Å². The number of para-hydroxylation sites is 2. The summed E-state index contributed by atoms with van der Waals surface area (Å²) in [5.41, 5.74) is 3.71. The SMILES string of the molecule is CC([NH3+])c1ccccc1.CC1(C(=O)[O-])Oc2ccccc2NC1=O. The Morgan fingerprint density at radius 1 is 1.17 bits per heavy atom. The molecule has 24 heavy (non-hydrogen) atoms. The predicted octanol–water partition coefficient (Wildman–Crippen LogP) is 0.516. The van der Waals surface area contributed by atoms with Gasteiger partial charge in [-0.2, -0.15) is 0 Å². The Balaban J connectivity index is 0.000000198. The van der Waals surface area contributed by atoms with E-state index >= 15 is 0 Å². The highest BCUT2D eigenvalue weighted by molar-refractivity contribution is 6.12. The van der Waals surface area contributed by atoms with Crippen molar-refractivity contribution in [3.8, 4) is 5.75 Å². The van der Waals surface area contributed by atoms with Crippen LogP contribution in [-0.4, -0.2) is 17.5 Å². The molecule has 2 aromatic carbocycles. The number of aliphatic carboxylic acids is 1. The summed E-state index contributed by atoms with van der Waals surface area (Å²) in [5.74, 6) is -1.97. The monoisotopic (exact) mass is 328 g/mol. The summed E-state index contributed by atoms with van der Waals surface area (Å²) in [4.78, 5) is 22.3. The van der Waals surface area contributed by atoms with Gasteiger partial charge in [-0.25, -0.2) is 0 Å². The third-order valence-corrected chi connectivity index (χ3v) is 3.64. The predicted molar refractivity (Wildman–Crippen MR) is 86.9 cm³/mol. The lowest BCUT2D eigenvalue weighted by Crippen LogP contribution is -2.59. The Hall–Kier alpha value is -2.86. The summed E-state index contributed by atoms with van der Waals surface area (Å²) in [6.07, 6.45) is 0. The van der Waals surface area contributed by atoms with E-state index in [4.69, 9.17) is 4.74 Å². The van der Waals surface area contributed by atoms with Crippen LogP contribution in [0.1, 0.15) is 25.5 Å². The highest BCUT2D eigenvalue weighted by Crippen LogP contribution is 2.32. The van der Waals surface area contributed by atoms with E-state index in [0.717, 1.165) is 6.92 Å². The third kappa shape index (κ3) is 3.72. The molecule has 2 aromatic rings. The molecule has 1 heterocycles. The van der Waals surface area contributed by atoms with E-state index in [0.29, 0.717) is 17.5 Å². The Labute approximate surface area is 140 Å². The number of carboxylic acid groups (broad SMARTS) is 1. The van der Waals surface area contributed by atoms with Crippen LogP contribution in [0.3, 0.4) is 0 Å². The van der Waals surface area contributed by atoms with Gasteiger partial charge in [-0.1, -0.05) is 42.5 Å². The minimum Gasteiger partial charge on any atom is -0.545 e. The normalized spacial score (nSPS) is 19.7. The average molecular weight is 328 g/mol. The molecule has 0 saturated carbocycles. The quantitative estimate of drug-likeness (QED) is 0.784. The molecule has 0 radical (unpaired) electrons. The zero-order valence-electron chi connectivity index (χ0n) is 13.6. The standard InChI is InChI=1S/C10H9NO4.C8H11N/c1-10(9(13)14)8(12)11-6-4-2-3-5-7(6)15-10;1-7(9)8-5-3-2-4-6-8/h2-5H,1H3,(H,11,12)(H,13,14);2-7H,9H2,1H3. The number of carbonyl (C=O) groups is 2. The van der Waals surface area contributed by atoms with E-state index in [-0.39, 0.29) is 0 Å². The molecule has 126 valence electrons. The summed E-state index contributed by atoms with van der Waals surface area (Å²) in [5, 5.41) is 13.2. The molecular weight excluding hydrogens is 308 g/mol. The van der Waals surface area contributed by atoms with Gasteiger partial charge in [0.2, 0.25) is 5.60 Å². The fourth-order valence-electron chi connectivity index (χ4n) is 2.08. The summed E-state index contributed by atoms with van der Waals surface area (Å²) >= 11 is 0. The number of carbonyl (C=O) groups excluding carboxylic acids is 2. The zero-order valence-corrected chi connectivity index (χ0v) is 13.6. The Morgan fingerprint density at radius 3 is 2.29 bits per heavy atom. The maximum Gasteiger partial charge on any atom is 0.274 e. The number of anilines is 1. The lowest BCUT2D eigenvalue weighted by atomic mass is 10.0. The van der Waals surface area contributed by atoms with Crippen LogP contribution in [0.4, 0.5) is 5.69 Å². The second-order valence-corrected chi connectivity index (χ2v) is 5.68. The maximum atomic E-state index is 11.5. The number of nitrogens with one attached hydrogen (secondary N) is 1. The molecule has 1 amide bonds. The van der Waals surface area contributed by atoms with E-state index in [1.54, 1.807) is 24.3 Å². The van der Waals surface area contributed by atoms with Gasteiger partial charge in [0.25, 0.3) is 5.91 Å². The van der Waals surface area contributed by atoms with Crippen molar-refractivity contribution in [3.05, 3.63) is 60.2 Å². The van der Waals surface area contributed by atoms with E-state index in [9.17, 15) is 14.7 Å². The largest absolute Gasteiger partial charge is 0.545 e. The summed E-state index contributed by atoms with van der Waals surface area (Å²) in [6, 6.07) is 17.3. The van der Waals surface area contributed by atoms with Crippen molar-refractivity contribution in [2.75, 3.05) is 5.32 Å². The van der Waals surface area contributed by atoms with E-state index in [1.165, 1.54) is 5.56 Å². The number of quaternary nitrogens is 1. The number of carboxylic acids is 1. The lowest BCUT2D eigenvalue weighted by Gasteiger charge is -2.34. The van der Waals surface area contributed by atoms with Crippen molar-refractivity contribution >= 4 is 17.6 Å². The van der Waals surface area contributed by atoms with Crippen LogP contribution < -0.4 is 20.9 Å². The number of ether oxygens (including phenoxy) is 1. The smallest absolute Gasteiger partial charge is 0.274 e. The number of rotatable bonds is 2. The average Bonchev–Trinajstić information content (AvgIpc) is 2.57. The van der Waals surface area contributed by atoms with Crippen molar-refractivity contribution in [2.45, 2.75) is 25.5 Å². The molecule has 0 fully saturated rings. The molecule has 3 rings (SSSR count). The molecule has 0 aliphatic carbocycles. The van der Waals surface area contributed by atoms with Gasteiger partial charge in [-0.3, -0.25) is 4.79 Å². The molecule has 1 aliphatic heterocycles. The minimum atomic E-state index is -1.96. The van der Waals surface area contributed by atoms with Crippen molar-refractivity contribution in [1.82, 2.24) is 0 Å². The number of benzene rings is 2. The lowest BCUT2D eigenvalue weighted by molar-refractivity contribution is -0.420. The van der Waals surface area contributed by atoms with Crippen LogP contribution in [0.15, 0.2) is 54.6 Å². The molecule has 4 N–H and O–H groups in total. The van der Waals surface area contributed by atoms with E-state index in [2.05, 4.69) is 30.1 Å². The number of hydrogen-bond donors (Lipinski definition) is 2. The van der Waals surface area contributed by atoms with E-state index in [1.807, 2.05) is 18.2 Å². The van der Waals surface area contributed by atoms with Gasteiger partial charge in [0.15, 0.2) is 0 Å². The van der Waals surface area contributed by atoms with Crippen LogP contribution in [0.5, 0.6) is 5.75 Å². The summed E-state index contributed by atoms with van der Waals surface area (Å²) in [7, 11) is 0. The van der Waals surface area contributed by atoms with Crippen LogP contribution >= 0.6 is 0 Å². The van der Waals surface area contributed by atoms with Gasteiger partial charge < -0.3 is 25.7 Å². The first-order chi connectivity index (χ1) is 11.3. The first-order valence-corrected chi connectivity index (χ1v) is 7.53. The molecule has 0 bridgehead atoms. The fourth-order valence-corrected chi connectivity index (χ4v) is 2.08. The van der Waals surface area contributed by atoms with Gasteiger partial charge in [0.05, 0.1) is 11.7 Å². The summed E-state index contributed by atoms with van der Waals surface area (Å²) < 4.78 is 5.12. The van der Waals surface area contributed by atoms with Gasteiger partial charge in [0.1, 0.15) is 11.8 Å². The minimum absolute atomic E-state index is 0.323. The van der Waals surface area contributed by atoms with Gasteiger partial charge in [-0.15, -0.1) is 0 Å². The zero-order chi connectivity index (χ0) is 17.7. The van der Waals surface area contributed by atoms with Crippen LogP contribution in [0, 0.1) is 0 Å². The van der Waals surface area contributed by atoms with Crippen LogP contribution in [-0.2, 0) is 9.59 Å². The first kappa shape index (κ1) is 17.5. The molecule has 0 spiro atoms. The van der Waals surface area contributed by atoms with Crippen molar-refractivity contribution < 1.29 is 25.2 Å².